The third kappa shape index (κ3) is 2.74. The lowest BCUT2D eigenvalue weighted by Gasteiger charge is -2.12. The van der Waals surface area contributed by atoms with Crippen molar-refractivity contribution < 1.29 is 13.2 Å². The molecule has 106 valence electrons. The third-order valence-electron chi connectivity index (χ3n) is 3.02. The van der Waals surface area contributed by atoms with E-state index in [0.717, 1.165) is 17.7 Å². The van der Waals surface area contributed by atoms with E-state index in [1.165, 1.54) is 18.5 Å². The minimum absolute atomic E-state index is 0.647. The Bertz CT molecular complexity index is 592. The van der Waals surface area contributed by atoms with Crippen LogP contribution < -0.4 is 5.32 Å². The molecule has 0 aliphatic carbocycles. The van der Waals surface area contributed by atoms with Crippen molar-refractivity contribution in [3.63, 3.8) is 0 Å². The van der Waals surface area contributed by atoms with Crippen LogP contribution in [0.25, 0.3) is 11.3 Å². The van der Waals surface area contributed by atoms with E-state index in [0.29, 0.717) is 23.5 Å². The Morgan fingerprint density at radius 1 is 1.10 bits per heavy atom. The van der Waals surface area contributed by atoms with Gasteiger partial charge in [-0.2, -0.15) is 13.2 Å². The topological polar surface area (TPSA) is 37.8 Å². The molecule has 0 aliphatic rings. The van der Waals surface area contributed by atoms with Crippen LogP contribution in [0, 0.1) is 0 Å². The fourth-order valence-corrected chi connectivity index (χ4v) is 2.03. The maximum absolute atomic E-state index is 12.6. The minimum atomic E-state index is -4.33. The molecule has 3 nitrogen and oxygen atoms in total. The number of benzene rings is 1. The number of nitrogens with zero attached hydrogens (tertiary/aromatic N) is 2. The van der Waals surface area contributed by atoms with Crippen molar-refractivity contribution in [2.24, 2.45) is 0 Å². The molecule has 0 amide bonds. The largest absolute Gasteiger partial charge is 0.416 e. The van der Waals surface area contributed by atoms with Crippen LogP contribution in [0.2, 0.25) is 0 Å². The summed E-state index contributed by atoms with van der Waals surface area (Å²) in [7, 11) is 1.75. The van der Waals surface area contributed by atoms with E-state index in [4.69, 9.17) is 0 Å². The molecule has 2 aromatic rings. The second-order valence-corrected chi connectivity index (χ2v) is 4.23. The summed E-state index contributed by atoms with van der Waals surface area (Å²) in [6.07, 6.45) is -2.24. The third-order valence-corrected chi connectivity index (χ3v) is 3.02. The van der Waals surface area contributed by atoms with Crippen LogP contribution in [-0.4, -0.2) is 17.0 Å². The molecular formula is C14H14F3N3. The lowest BCUT2D eigenvalue weighted by molar-refractivity contribution is -0.137. The molecule has 20 heavy (non-hydrogen) atoms. The highest BCUT2D eigenvalue weighted by molar-refractivity contribution is 5.68. The highest BCUT2D eigenvalue weighted by atomic mass is 19.4. The molecule has 1 aromatic carbocycles. The quantitative estimate of drug-likeness (QED) is 0.930. The van der Waals surface area contributed by atoms with Crippen LogP contribution in [0.4, 0.5) is 19.0 Å². The van der Waals surface area contributed by atoms with Crippen molar-refractivity contribution in [3.05, 3.63) is 41.7 Å². The van der Waals surface area contributed by atoms with Gasteiger partial charge in [-0.1, -0.05) is 19.1 Å². The first-order valence-corrected chi connectivity index (χ1v) is 6.16. The number of alkyl halides is 3. The van der Waals surface area contributed by atoms with E-state index >= 15 is 0 Å². The van der Waals surface area contributed by atoms with E-state index in [9.17, 15) is 13.2 Å². The van der Waals surface area contributed by atoms with Crippen LogP contribution >= 0.6 is 0 Å². The summed E-state index contributed by atoms with van der Waals surface area (Å²) in [6, 6.07) is 5.00. The number of anilines is 1. The van der Waals surface area contributed by atoms with Crippen LogP contribution in [0.15, 0.2) is 30.6 Å². The molecule has 1 heterocycles. The van der Waals surface area contributed by atoms with Gasteiger partial charge in [0.1, 0.15) is 12.1 Å². The first kappa shape index (κ1) is 14.3. The first-order valence-electron chi connectivity index (χ1n) is 6.16. The van der Waals surface area contributed by atoms with E-state index in [-0.39, 0.29) is 0 Å². The summed E-state index contributed by atoms with van der Waals surface area (Å²) >= 11 is 0. The van der Waals surface area contributed by atoms with Crippen LogP contribution in [0.3, 0.4) is 0 Å². The zero-order valence-corrected chi connectivity index (χ0v) is 11.1. The van der Waals surface area contributed by atoms with Gasteiger partial charge < -0.3 is 5.32 Å². The average molecular weight is 281 g/mol. The SMILES string of the molecule is CCc1c(NC)ncnc1-c1ccc(C(F)(F)F)cc1. The predicted octanol–water partition coefficient (Wildman–Crippen LogP) is 3.77. The van der Waals surface area contributed by atoms with E-state index in [1.54, 1.807) is 7.05 Å². The normalized spacial score (nSPS) is 11.4. The van der Waals surface area contributed by atoms with Crippen molar-refractivity contribution in [3.8, 4) is 11.3 Å². The molecule has 1 N–H and O–H groups in total. The molecule has 0 fully saturated rings. The molecule has 0 saturated heterocycles. The Morgan fingerprint density at radius 3 is 2.25 bits per heavy atom. The molecule has 6 heteroatoms. The van der Waals surface area contributed by atoms with Gasteiger partial charge in [0.05, 0.1) is 11.3 Å². The van der Waals surface area contributed by atoms with Crippen LogP contribution in [0.5, 0.6) is 0 Å². The Labute approximate surface area is 114 Å². The van der Waals surface area contributed by atoms with E-state index in [2.05, 4.69) is 15.3 Å². The molecule has 0 atom stereocenters. The second-order valence-electron chi connectivity index (χ2n) is 4.23. The van der Waals surface area contributed by atoms with Crippen molar-refractivity contribution in [1.82, 2.24) is 9.97 Å². The number of rotatable bonds is 3. The van der Waals surface area contributed by atoms with Crippen molar-refractivity contribution in [2.45, 2.75) is 19.5 Å². The molecule has 0 unspecified atom stereocenters. The molecule has 0 spiro atoms. The summed E-state index contributed by atoms with van der Waals surface area (Å²) in [6.45, 7) is 1.95. The van der Waals surface area contributed by atoms with Gasteiger partial charge in [-0.05, 0) is 18.6 Å². The van der Waals surface area contributed by atoms with Gasteiger partial charge in [-0.15, -0.1) is 0 Å². The Morgan fingerprint density at radius 2 is 1.75 bits per heavy atom. The predicted molar refractivity (Wildman–Crippen MR) is 71.4 cm³/mol. The van der Waals surface area contributed by atoms with Gasteiger partial charge in [0.2, 0.25) is 0 Å². The number of halogens is 3. The lowest BCUT2D eigenvalue weighted by atomic mass is 10.0. The fraction of sp³-hybridized carbons (Fsp3) is 0.286. The monoisotopic (exact) mass is 281 g/mol. The molecule has 2 rings (SSSR count). The van der Waals surface area contributed by atoms with E-state index in [1.807, 2.05) is 6.92 Å². The summed E-state index contributed by atoms with van der Waals surface area (Å²) in [5.74, 6) is 0.692. The molecule has 0 radical (unpaired) electrons. The zero-order chi connectivity index (χ0) is 14.8. The molecule has 1 aromatic heterocycles. The zero-order valence-electron chi connectivity index (χ0n) is 11.1. The number of hydrogen-bond donors (Lipinski definition) is 1. The Hall–Kier alpha value is -2.11. The fourth-order valence-electron chi connectivity index (χ4n) is 2.03. The molecule has 0 saturated carbocycles. The van der Waals surface area contributed by atoms with Gasteiger partial charge >= 0.3 is 6.18 Å². The van der Waals surface area contributed by atoms with Crippen molar-refractivity contribution in [2.75, 3.05) is 12.4 Å². The van der Waals surface area contributed by atoms with Gasteiger partial charge in [0.25, 0.3) is 0 Å². The van der Waals surface area contributed by atoms with Gasteiger partial charge in [-0.3, -0.25) is 0 Å². The smallest absolute Gasteiger partial charge is 0.373 e. The van der Waals surface area contributed by atoms with Crippen LogP contribution in [-0.2, 0) is 12.6 Å². The number of hydrogen-bond acceptors (Lipinski definition) is 3. The van der Waals surface area contributed by atoms with Gasteiger partial charge in [0.15, 0.2) is 0 Å². The Kier molecular flexibility index (Phi) is 3.92. The van der Waals surface area contributed by atoms with E-state index < -0.39 is 11.7 Å². The second kappa shape index (κ2) is 5.48. The van der Waals surface area contributed by atoms with Crippen LogP contribution in [0.1, 0.15) is 18.1 Å². The highest BCUT2D eigenvalue weighted by Gasteiger charge is 2.30. The summed E-state index contributed by atoms with van der Waals surface area (Å²) in [4.78, 5) is 8.30. The van der Waals surface area contributed by atoms with Crippen molar-refractivity contribution >= 4 is 5.82 Å². The summed E-state index contributed by atoms with van der Waals surface area (Å²) in [5, 5.41) is 2.96. The van der Waals surface area contributed by atoms with Gasteiger partial charge in [-0.25, -0.2) is 9.97 Å². The maximum atomic E-state index is 12.6. The first-order chi connectivity index (χ1) is 9.47. The highest BCUT2D eigenvalue weighted by Crippen LogP contribution is 2.32. The number of nitrogens with one attached hydrogen (secondary N) is 1. The van der Waals surface area contributed by atoms with Crippen molar-refractivity contribution in [1.29, 1.82) is 0 Å². The average Bonchev–Trinajstić information content (AvgIpc) is 2.45. The molecule has 0 bridgehead atoms. The lowest BCUT2D eigenvalue weighted by Crippen LogP contribution is -2.05. The maximum Gasteiger partial charge on any atom is 0.416 e. The summed E-state index contributed by atoms with van der Waals surface area (Å²) in [5.41, 5.74) is 1.52. The molecule has 0 aliphatic heterocycles. The Balaban J connectivity index is 2.47. The standard InChI is InChI=1S/C14H14F3N3/c1-3-11-12(19-8-20-13(11)18-2)9-4-6-10(7-5-9)14(15,16)17/h4-8H,3H2,1-2H3,(H,18,19,20). The number of aromatic nitrogens is 2. The minimum Gasteiger partial charge on any atom is -0.373 e. The summed E-state index contributed by atoms with van der Waals surface area (Å²) < 4.78 is 37.7. The van der Waals surface area contributed by atoms with Gasteiger partial charge in [0, 0.05) is 18.2 Å². The molecular weight excluding hydrogens is 267 g/mol.